The van der Waals surface area contributed by atoms with Gasteiger partial charge < -0.3 is 4.42 Å². The number of imide groups is 1. The molecule has 0 bridgehead atoms. The van der Waals surface area contributed by atoms with Gasteiger partial charge in [0.25, 0.3) is 5.91 Å². The van der Waals surface area contributed by atoms with Gasteiger partial charge in [0.1, 0.15) is 23.5 Å². The summed E-state index contributed by atoms with van der Waals surface area (Å²) in [7, 11) is 0. The number of fused-ring (bicyclic) bond motifs is 1. The number of para-hydroxylation sites is 1. The number of carbonyl (C=O) groups is 2. The topological polar surface area (TPSA) is 63.0 Å². The number of carbonyl (C=O) groups excluding carboxylic acids is 2. The molecule has 6 nitrogen and oxygen atoms in total. The van der Waals surface area contributed by atoms with Gasteiger partial charge in [0.2, 0.25) is 5.91 Å². The zero-order chi connectivity index (χ0) is 25.0. The Kier molecular flexibility index (Phi) is 5.60. The molecule has 0 radical (unpaired) electrons. The van der Waals surface area contributed by atoms with Crippen LogP contribution in [0.1, 0.15) is 17.4 Å². The van der Waals surface area contributed by atoms with E-state index in [1.165, 1.54) is 4.90 Å². The van der Waals surface area contributed by atoms with E-state index in [9.17, 15) is 9.59 Å². The third-order valence-corrected chi connectivity index (χ3v) is 7.05. The third-order valence-electron chi connectivity index (χ3n) is 6.50. The van der Waals surface area contributed by atoms with Crippen molar-refractivity contribution in [2.45, 2.75) is 19.1 Å². The van der Waals surface area contributed by atoms with Crippen LogP contribution in [-0.4, -0.2) is 17.9 Å². The summed E-state index contributed by atoms with van der Waals surface area (Å²) in [5.74, 6) is -0.513. The van der Waals surface area contributed by atoms with E-state index in [1.54, 1.807) is 41.5 Å². The highest BCUT2D eigenvalue weighted by Crippen LogP contribution is 2.48. The number of aryl methyl sites for hydroxylation is 1. The average molecular weight is 519 g/mol. The molecule has 2 saturated heterocycles. The average Bonchev–Trinajstić information content (AvgIpc) is 3.55. The Labute approximate surface area is 217 Å². The van der Waals surface area contributed by atoms with E-state index in [0.29, 0.717) is 38.5 Å². The van der Waals surface area contributed by atoms with Gasteiger partial charge in [0, 0.05) is 10.6 Å². The minimum Gasteiger partial charge on any atom is -0.459 e. The number of halogens is 2. The SMILES string of the molecule is Cc1cccc(N2C(=O)[C@H]3[C@@H](ON(c4ccccc4)[C@H]3c3ccc(-c4ccc(Cl)cc4Cl)o3)C2=O)c1. The van der Waals surface area contributed by atoms with Crippen LogP contribution in [0, 0.1) is 12.8 Å². The fourth-order valence-electron chi connectivity index (χ4n) is 4.87. The van der Waals surface area contributed by atoms with E-state index >= 15 is 0 Å². The maximum atomic E-state index is 13.8. The summed E-state index contributed by atoms with van der Waals surface area (Å²) in [5.41, 5.74) is 2.86. The summed E-state index contributed by atoms with van der Waals surface area (Å²) >= 11 is 12.5. The van der Waals surface area contributed by atoms with E-state index in [-0.39, 0.29) is 5.91 Å². The van der Waals surface area contributed by atoms with Crippen molar-refractivity contribution < 1.29 is 18.8 Å². The maximum Gasteiger partial charge on any atom is 0.266 e. The number of nitrogens with zero attached hydrogens (tertiary/aromatic N) is 2. The van der Waals surface area contributed by atoms with E-state index < -0.39 is 24.0 Å². The summed E-state index contributed by atoms with van der Waals surface area (Å²) in [6.07, 6.45) is -0.976. The second-order valence-electron chi connectivity index (χ2n) is 8.84. The molecule has 2 aliphatic rings. The summed E-state index contributed by atoms with van der Waals surface area (Å²) in [4.78, 5) is 34.6. The molecular weight excluding hydrogens is 499 g/mol. The minimum atomic E-state index is -0.976. The Balaban J connectivity index is 1.43. The van der Waals surface area contributed by atoms with E-state index in [4.69, 9.17) is 32.5 Å². The summed E-state index contributed by atoms with van der Waals surface area (Å²) < 4.78 is 6.25. The number of benzene rings is 3. The Morgan fingerprint density at radius 1 is 0.806 bits per heavy atom. The first-order valence-corrected chi connectivity index (χ1v) is 12.2. The number of amides is 2. The van der Waals surface area contributed by atoms with Gasteiger partial charge in [-0.3, -0.25) is 14.4 Å². The van der Waals surface area contributed by atoms with Crippen molar-refractivity contribution in [2.75, 3.05) is 9.96 Å². The fraction of sp³-hybridized carbons (Fsp3) is 0.143. The summed E-state index contributed by atoms with van der Waals surface area (Å²) in [5, 5.41) is 2.57. The second-order valence-corrected chi connectivity index (χ2v) is 9.68. The lowest BCUT2D eigenvalue weighted by Crippen LogP contribution is -2.37. The van der Waals surface area contributed by atoms with Crippen LogP contribution in [0.25, 0.3) is 11.3 Å². The lowest BCUT2D eigenvalue weighted by molar-refractivity contribution is -0.126. The molecule has 36 heavy (non-hydrogen) atoms. The molecular formula is C28H20Cl2N2O4. The van der Waals surface area contributed by atoms with Crippen molar-refractivity contribution in [1.82, 2.24) is 0 Å². The molecule has 0 N–H and O–H groups in total. The van der Waals surface area contributed by atoms with Crippen LogP contribution in [0.4, 0.5) is 11.4 Å². The first-order chi connectivity index (χ1) is 17.4. The van der Waals surface area contributed by atoms with Crippen LogP contribution < -0.4 is 9.96 Å². The van der Waals surface area contributed by atoms with Crippen molar-refractivity contribution in [3.8, 4) is 11.3 Å². The molecule has 1 aromatic heterocycles. The Bertz CT molecular complexity index is 1490. The zero-order valence-electron chi connectivity index (χ0n) is 19.1. The van der Waals surface area contributed by atoms with E-state index in [0.717, 1.165) is 5.56 Å². The summed E-state index contributed by atoms with van der Waals surface area (Å²) in [6, 6.07) is 24.7. The van der Waals surface area contributed by atoms with Crippen LogP contribution in [0.2, 0.25) is 10.0 Å². The largest absolute Gasteiger partial charge is 0.459 e. The van der Waals surface area contributed by atoms with Crippen LogP contribution in [-0.2, 0) is 14.4 Å². The lowest BCUT2D eigenvalue weighted by Gasteiger charge is -2.27. The van der Waals surface area contributed by atoms with Crippen LogP contribution >= 0.6 is 23.2 Å². The quantitative estimate of drug-likeness (QED) is 0.284. The Hall–Kier alpha value is -3.58. The normalized spacial score (nSPS) is 21.4. The van der Waals surface area contributed by atoms with Crippen molar-refractivity contribution in [2.24, 2.45) is 5.92 Å². The third kappa shape index (κ3) is 3.69. The van der Waals surface area contributed by atoms with Crippen LogP contribution in [0.15, 0.2) is 89.3 Å². The molecule has 0 aliphatic carbocycles. The van der Waals surface area contributed by atoms with E-state index in [1.807, 2.05) is 55.5 Å². The Morgan fingerprint density at radius 3 is 2.33 bits per heavy atom. The second kappa shape index (κ2) is 8.82. The van der Waals surface area contributed by atoms with Crippen LogP contribution in [0.3, 0.4) is 0 Å². The highest BCUT2D eigenvalue weighted by atomic mass is 35.5. The standard InChI is InChI=1S/C28H20Cl2N2O4/c1-16-6-5-9-19(14-16)31-27(33)24-25(32(36-26(24)28(31)34)18-7-3-2-4-8-18)23-13-12-22(35-23)20-11-10-17(29)15-21(20)30/h2-15,24-26H,1H3/t24-,25+,26-/m1/s1. The predicted octanol–water partition coefficient (Wildman–Crippen LogP) is 6.61. The predicted molar refractivity (Wildman–Crippen MR) is 138 cm³/mol. The Morgan fingerprint density at radius 2 is 1.58 bits per heavy atom. The van der Waals surface area contributed by atoms with Gasteiger partial charge >= 0.3 is 0 Å². The number of hydrogen-bond acceptors (Lipinski definition) is 5. The van der Waals surface area contributed by atoms with Gasteiger partial charge in [-0.1, -0.05) is 53.5 Å². The van der Waals surface area contributed by atoms with Gasteiger partial charge in [-0.05, 0) is 67.1 Å². The first-order valence-electron chi connectivity index (χ1n) is 11.4. The molecule has 3 atom stereocenters. The smallest absolute Gasteiger partial charge is 0.266 e. The molecule has 8 heteroatoms. The first kappa shape index (κ1) is 22.9. The molecule has 6 rings (SSSR count). The van der Waals surface area contributed by atoms with Gasteiger partial charge in [0.05, 0.1) is 16.4 Å². The van der Waals surface area contributed by atoms with Gasteiger partial charge in [-0.2, -0.15) is 0 Å². The number of furan rings is 1. The van der Waals surface area contributed by atoms with Gasteiger partial charge in [0.15, 0.2) is 6.10 Å². The molecule has 2 aliphatic heterocycles. The molecule has 2 amide bonds. The highest BCUT2D eigenvalue weighted by Gasteiger charge is 2.61. The van der Waals surface area contributed by atoms with Gasteiger partial charge in [-0.15, -0.1) is 0 Å². The fourth-order valence-corrected chi connectivity index (χ4v) is 5.37. The number of anilines is 2. The molecule has 0 spiro atoms. The maximum absolute atomic E-state index is 13.8. The monoisotopic (exact) mass is 518 g/mol. The molecule has 3 aromatic carbocycles. The number of hydrogen-bond donors (Lipinski definition) is 0. The molecule has 3 heterocycles. The minimum absolute atomic E-state index is 0.332. The van der Waals surface area contributed by atoms with Crippen molar-refractivity contribution >= 4 is 46.4 Å². The molecule has 0 unspecified atom stereocenters. The van der Waals surface area contributed by atoms with Crippen molar-refractivity contribution in [3.05, 3.63) is 106 Å². The zero-order valence-corrected chi connectivity index (χ0v) is 20.6. The summed E-state index contributed by atoms with van der Waals surface area (Å²) in [6.45, 7) is 1.91. The number of hydroxylamine groups is 1. The molecule has 0 saturated carbocycles. The molecule has 2 fully saturated rings. The van der Waals surface area contributed by atoms with E-state index in [2.05, 4.69) is 0 Å². The molecule has 4 aromatic rings. The number of rotatable bonds is 4. The van der Waals surface area contributed by atoms with Crippen molar-refractivity contribution in [3.63, 3.8) is 0 Å². The van der Waals surface area contributed by atoms with Crippen molar-refractivity contribution in [1.29, 1.82) is 0 Å². The molecule has 180 valence electrons. The van der Waals surface area contributed by atoms with Crippen LogP contribution in [0.5, 0.6) is 0 Å². The lowest BCUT2D eigenvalue weighted by atomic mass is 9.94. The van der Waals surface area contributed by atoms with Gasteiger partial charge in [-0.25, -0.2) is 9.96 Å². The highest BCUT2D eigenvalue weighted by molar-refractivity contribution is 6.36.